The van der Waals surface area contributed by atoms with Crippen molar-refractivity contribution >= 4 is 56.5 Å². The normalized spacial score (nSPS) is 13.6. The Bertz CT molecular complexity index is 1310. The largest absolute Gasteiger partial charge is 0.336 e. The minimum atomic E-state index is -0.190. The van der Waals surface area contributed by atoms with Crippen molar-refractivity contribution in [3.05, 3.63) is 70.2 Å². The maximum atomic E-state index is 12.9. The summed E-state index contributed by atoms with van der Waals surface area (Å²) >= 11 is 7.51. The molecule has 2 N–H and O–H groups in total. The van der Waals surface area contributed by atoms with Crippen LogP contribution in [0.15, 0.2) is 54.6 Å². The number of urea groups is 1. The quantitative estimate of drug-likeness (QED) is 0.466. The number of nitrogens with zero attached hydrogens (tertiary/aromatic N) is 3. The average molecular weight is 452 g/mol. The molecule has 7 nitrogen and oxygen atoms in total. The third-order valence-electron chi connectivity index (χ3n) is 5.11. The van der Waals surface area contributed by atoms with Gasteiger partial charge in [0.25, 0.3) is 5.91 Å². The van der Waals surface area contributed by atoms with Gasteiger partial charge in [0.05, 0.1) is 16.3 Å². The van der Waals surface area contributed by atoms with Crippen molar-refractivity contribution in [2.45, 2.75) is 6.92 Å². The molecule has 3 amide bonds. The Morgan fingerprint density at radius 1 is 1.16 bits per heavy atom. The molecule has 9 heteroatoms. The maximum Gasteiger partial charge on any atom is 0.321 e. The van der Waals surface area contributed by atoms with Gasteiger partial charge in [0.15, 0.2) is 0 Å². The summed E-state index contributed by atoms with van der Waals surface area (Å²) in [5.41, 5.74) is 3.16. The van der Waals surface area contributed by atoms with Crippen LogP contribution in [0.4, 0.5) is 16.2 Å². The lowest BCUT2D eigenvalue weighted by molar-refractivity contribution is 0.103. The first-order valence-electron chi connectivity index (χ1n) is 9.71. The van der Waals surface area contributed by atoms with E-state index in [1.165, 1.54) is 11.3 Å². The standard InChI is InChI=1S/C22H18ClN5O2S/c1-13-18-12-19(31-21(18)28(26-13)17-4-2-3-14(23)11-17)20(29)25-15-5-7-16(8-6-15)27-10-9-24-22(27)30/h2-8,11-12H,9-10H2,1H3,(H,24,30)(H,25,29). The van der Waals surface area contributed by atoms with Crippen LogP contribution in [0.3, 0.4) is 0 Å². The molecule has 0 spiro atoms. The molecule has 2 aromatic heterocycles. The number of halogens is 1. The van der Waals surface area contributed by atoms with Crippen LogP contribution in [-0.4, -0.2) is 34.8 Å². The number of aryl methyl sites for hydroxylation is 1. The Kier molecular flexibility index (Phi) is 4.88. The smallest absolute Gasteiger partial charge is 0.321 e. The number of thiophene rings is 1. The van der Waals surface area contributed by atoms with Crippen molar-refractivity contribution in [3.8, 4) is 5.69 Å². The summed E-state index contributed by atoms with van der Waals surface area (Å²) in [5.74, 6) is -0.190. The second-order valence-corrected chi connectivity index (χ2v) is 8.66. The van der Waals surface area contributed by atoms with Gasteiger partial charge >= 0.3 is 6.03 Å². The van der Waals surface area contributed by atoms with Gasteiger partial charge in [-0.25, -0.2) is 9.48 Å². The van der Waals surface area contributed by atoms with E-state index in [4.69, 9.17) is 11.6 Å². The molecule has 1 aliphatic heterocycles. The van der Waals surface area contributed by atoms with Crippen molar-refractivity contribution < 1.29 is 9.59 Å². The first kappa shape index (κ1) is 19.6. The Morgan fingerprint density at radius 2 is 1.97 bits per heavy atom. The van der Waals surface area contributed by atoms with Crippen LogP contribution in [0.2, 0.25) is 5.02 Å². The van der Waals surface area contributed by atoms with Crippen LogP contribution in [0.5, 0.6) is 0 Å². The summed E-state index contributed by atoms with van der Waals surface area (Å²) in [5, 5.41) is 11.9. The van der Waals surface area contributed by atoms with Gasteiger partial charge in [-0.05, 0) is 55.5 Å². The van der Waals surface area contributed by atoms with Crippen molar-refractivity contribution in [1.29, 1.82) is 0 Å². The van der Waals surface area contributed by atoms with Crippen LogP contribution in [0.25, 0.3) is 15.9 Å². The van der Waals surface area contributed by atoms with Gasteiger partial charge in [-0.2, -0.15) is 5.10 Å². The Hall–Kier alpha value is -3.36. The van der Waals surface area contributed by atoms with Crippen LogP contribution >= 0.6 is 22.9 Å². The van der Waals surface area contributed by atoms with E-state index in [1.807, 2.05) is 54.1 Å². The average Bonchev–Trinajstić information content (AvgIpc) is 3.45. The molecule has 2 aromatic carbocycles. The van der Waals surface area contributed by atoms with Crippen molar-refractivity contribution in [2.75, 3.05) is 23.3 Å². The molecule has 1 aliphatic rings. The van der Waals surface area contributed by atoms with Crippen LogP contribution in [0, 0.1) is 6.92 Å². The van der Waals surface area contributed by atoms with Gasteiger partial charge in [-0.3, -0.25) is 9.69 Å². The molecule has 1 fully saturated rings. The zero-order valence-corrected chi connectivity index (χ0v) is 18.1. The fourth-order valence-corrected chi connectivity index (χ4v) is 4.84. The van der Waals surface area contributed by atoms with Gasteiger partial charge in [0.2, 0.25) is 0 Å². The van der Waals surface area contributed by atoms with E-state index in [0.29, 0.717) is 28.7 Å². The van der Waals surface area contributed by atoms with Gasteiger partial charge < -0.3 is 10.6 Å². The molecule has 1 saturated heterocycles. The molecule has 0 bridgehead atoms. The van der Waals surface area contributed by atoms with E-state index in [1.54, 1.807) is 17.0 Å². The molecule has 156 valence electrons. The highest BCUT2D eigenvalue weighted by atomic mass is 35.5. The first-order valence-corrected chi connectivity index (χ1v) is 10.9. The number of nitrogens with one attached hydrogen (secondary N) is 2. The number of carbonyl (C=O) groups is 2. The molecule has 3 heterocycles. The fourth-order valence-electron chi connectivity index (χ4n) is 3.58. The number of fused-ring (bicyclic) bond motifs is 1. The highest BCUT2D eigenvalue weighted by Crippen LogP contribution is 2.31. The fraction of sp³-hybridized carbons (Fsp3) is 0.136. The van der Waals surface area contributed by atoms with Gasteiger partial charge in [0, 0.05) is 34.9 Å². The molecular weight excluding hydrogens is 434 g/mol. The van der Waals surface area contributed by atoms with E-state index in [0.717, 1.165) is 27.3 Å². The molecule has 5 rings (SSSR count). The lowest BCUT2D eigenvalue weighted by atomic mass is 10.2. The summed E-state index contributed by atoms with van der Waals surface area (Å²) in [6, 6.07) is 16.5. The van der Waals surface area contributed by atoms with E-state index >= 15 is 0 Å². The minimum absolute atomic E-state index is 0.105. The number of carbonyl (C=O) groups excluding carboxylic acids is 2. The van der Waals surface area contributed by atoms with E-state index in [2.05, 4.69) is 15.7 Å². The highest BCUT2D eigenvalue weighted by Gasteiger charge is 2.21. The first-order chi connectivity index (χ1) is 15.0. The molecule has 31 heavy (non-hydrogen) atoms. The molecule has 4 aromatic rings. The summed E-state index contributed by atoms with van der Waals surface area (Å²) < 4.78 is 1.81. The predicted molar refractivity (Wildman–Crippen MR) is 124 cm³/mol. The zero-order chi connectivity index (χ0) is 21.5. The number of anilines is 2. The topological polar surface area (TPSA) is 79.3 Å². The molecule has 0 radical (unpaired) electrons. The van der Waals surface area contributed by atoms with E-state index < -0.39 is 0 Å². The number of benzene rings is 2. The number of hydrogen-bond acceptors (Lipinski definition) is 4. The maximum absolute atomic E-state index is 12.9. The number of aromatic nitrogens is 2. The highest BCUT2D eigenvalue weighted by molar-refractivity contribution is 7.20. The summed E-state index contributed by atoms with van der Waals surface area (Å²) in [7, 11) is 0. The second kappa shape index (κ2) is 7.72. The van der Waals surface area contributed by atoms with E-state index in [9.17, 15) is 9.59 Å². The summed E-state index contributed by atoms with van der Waals surface area (Å²) in [4.78, 5) is 27.8. The number of amides is 3. The lowest BCUT2D eigenvalue weighted by Gasteiger charge is -2.14. The number of hydrogen-bond donors (Lipinski definition) is 2. The lowest BCUT2D eigenvalue weighted by Crippen LogP contribution is -2.27. The van der Waals surface area contributed by atoms with Crippen molar-refractivity contribution in [2.24, 2.45) is 0 Å². The van der Waals surface area contributed by atoms with Gasteiger partial charge in [0.1, 0.15) is 4.83 Å². The third-order valence-corrected chi connectivity index (χ3v) is 6.46. The SMILES string of the molecule is Cc1nn(-c2cccc(Cl)c2)c2sc(C(=O)Nc3ccc(N4CCNC4=O)cc3)cc12. The molecule has 0 atom stereocenters. The monoisotopic (exact) mass is 451 g/mol. The van der Waals surface area contributed by atoms with E-state index in [-0.39, 0.29) is 11.9 Å². The number of rotatable bonds is 4. The molecule has 0 aliphatic carbocycles. The Morgan fingerprint density at radius 3 is 2.68 bits per heavy atom. The molecule has 0 unspecified atom stereocenters. The van der Waals surface area contributed by atoms with Crippen LogP contribution < -0.4 is 15.5 Å². The second-order valence-electron chi connectivity index (χ2n) is 7.19. The Labute approximate surface area is 187 Å². The molecular formula is C22H18ClN5O2S. The van der Waals surface area contributed by atoms with Crippen LogP contribution in [-0.2, 0) is 0 Å². The summed E-state index contributed by atoms with van der Waals surface area (Å²) in [6.07, 6.45) is 0. The van der Waals surface area contributed by atoms with Gasteiger partial charge in [-0.15, -0.1) is 11.3 Å². The zero-order valence-electron chi connectivity index (χ0n) is 16.6. The van der Waals surface area contributed by atoms with Gasteiger partial charge in [-0.1, -0.05) is 17.7 Å². The third kappa shape index (κ3) is 3.64. The van der Waals surface area contributed by atoms with Crippen LogP contribution in [0.1, 0.15) is 15.4 Å². The minimum Gasteiger partial charge on any atom is -0.336 e. The van der Waals surface area contributed by atoms with Crippen molar-refractivity contribution in [1.82, 2.24) is 15.1 Å². The Balaban J connectivity index is 1.39. The summed E-state index contributed by atoms with van der Waals surface area (Å²) in [6.45, 7) is 3.19. The molecule has 0 saturated carbocycles. The predicted octanol–water partition coefficient (Wildman–Crippen LogP) is 4.83. The van der Waals surface area contributed by atoms with Crippen molar-refractivity contribution in [3.63, 3.8) is 0 Å².